The predicted octanol–water partition coefficient (Wildman–Crippen LogP) is 13.5. The lowest BCUT2D eigenvalue weighted by molar-refractivity contribution is -0.148. The average Bonchev–Trinajstić information content (AvgIpc) is 3.15. The topological polar surface area (TPSA) is 66.2 Å². The Morgan fingerprint density at radius 1 is 0.327 bits per heavy atom. The Morgan fingerprint density at radius 2 is 0.596 bits per heavy atom. The lowest BCUT2D eigenvalue weighted by atomic mass is 10.1. The number of ether oxygens (including phenoxy) is 4. The molecule has 0 aliphatic heterocycles. The second kappa shape index (κ2) is 45.2. The molecule has 0 heterocycles. The standard InChI is InChI=1S/C46H96N2O4/c1-5-9-13-17-21-31-41-49-45(50-42-32-22-18-14-10-6-2)35-27-25-29-38-48(40-37-47)39-30-26-28-36-46(51-43-33-23-19-15-11-7-3)52-44-34-24-20-16-12-8-4/h45-46H,5-44,47H2,1-4H3. The highest BCUT2D eigenvalue weighted by atomic mass is 16.7. The lowest BCUT2D eigenvalue weighted by Crippen LogP contribution is -2.31. The Bertz CT molecular complexity index is 553. The van der Waals surface area contributed by atoms with Crippen LogP contribution in [0.15, 0.2) is 0 Å². The largest absolute Gasteiger partial charge is 0.353 e. The second-order valence-corrected chi connectivity index (χ2v) is 15.7. The van der Waals surface area contributed by atoms with Gasteiger partial charge in [-0.15, -0.1) is 0 Å². The van der Waals surface area contributed by atoms with Crippen LogP contribution in [0.1, 0.15) is 233 Å². The van der Waals surface area contributed by atoms with Crippen molar-refractivity contribution in [2.75, 3.05) is 52.6 Å². The molecule has 0 amide bonds. The van der Waals surface area contributed by atoms with Crippen LogP contribution in [0, 0.1) is 0 Å². The molecule has 0 spiro atoms. The van der Waals surface area contributed by atoms with Crippen LogP contribution in [0.25, 0.3) is 0 Å². The van der Waals surface area contributed by atoms with Crippen LogP contribution >= 0.6 is 0 Å². The third kappa shape index (κ3) is 39.5. The van der Waals surface area contributed by atoms with Gasteiger partial charge >= 0.3 is 0 Å². The Labute approximate surface area is 327 Å². The van der Waals surface area contributed by atoms with E-state index in [0.29, 0.717) is 0 Å². The van der Waals surface area contributed by atoms with E-state index in [1.165, 1.54) is 167 Å². The molecule has 0 aromatic heterocycles. The third-order valence-electron chi connectivity index (χ3n) is 10.5. The van der Waals surface area contributed by atoms with Crippen molar-refractivity contribution in [1.82, 2.24) is 4.90 Å². The third-order valence-corrected chi connectivity index (χ3v) is 10.5. The SMILES string of the molecule is CCCCCCCCOC(CCCCCN(CCN)CCCCCC(OCCCCCCCC)OCCCCCCCC)OCCCCCCCC. The van der Waals surface area contributed by atoms with Gasteiger partial charge in [-0.3, -0.25) is 0 Å². The van der Waals surface area contributed by atoms with Crippen molar-refractivity contribution in [1.29, 1.82) is 0 Å². The fourth-order valence-corrected chi connectivity index (χ4v) is 6.98. The van der Waals surface area contributed by atoms with E-state index >= 15 is 0 Å². The molecule has 314 valence electrons. The van der Waals surface area contributed by atoms with Gasteiger partial charge in [0, 0.05) is 39.5 Å². The van der Waals surface area contributed by atoms with E-state index in [1.807, 2.05) is 0 Å². The van der Waals surface area contributed by atoms with E-state index in [4.69, 9.17) is 24.7 Å². The molecule has 0 saturated heterocycles. The van der Waals surface area contributed by atoms with E-state index < -0.39 is 0 Å². The first kappa shape index (κ1) is 51.8. The number of nitrogens with two attached hydrogens (primary N) is 1. The quantitative estimate of drug-likeness (QED) is 0.0495. The highest BCUT2D eigenvalue weighted by Gasteiger charge is 2.12. The maximum absolute atomic E-state index is 6.28. The van der Waals surface area contributed by atoms with Gasteiger partial charge in [-0.1, -0.05) is 169 Å². The van der Waals surface area contributed by atoms with Crippen LogP contribution in [0.2, 0.25) is 0 Å². The van der Waals surface area contributed by atoms with E-state index in [0.717, 1.165) is 91.1 Å². The Balaban J connectivity index is 4.42. The summed E-state index contributed by atoms with van der Waals surface area (Å²) in [7, 11) is 0. The zero-order valence-electron chi connectivity index (χ0n) is 36.1. The fraction of sp³-hybridized carbons (Fsp3) is 1.00. The monoisotopic (exact) mass is 741 g/mol. The van der Waals surface area contributed by atoms with Crippen molar-refractivity contribution in [3.8, 4) is 0 Å². The average molecular weight is 741 g/mol. The number of unbranched alkanes of at least 4 members (excludes halogenated alkanes) is 24. The van der Waals surface area contributed by atoms with Crippen molar-refractivity contribution in [2.24, 2.45) is 5.73 Å². The summed E-state index contributed by atoms with van der Waals surface area (Å²) < 4.78 is 25.1. The summed E-state index contributed by atoms with van der Waals surface area (Å²) in [5.41, 5.74) is 6.03. The summed E-state index contributed by atoms with van der Waals surface area (Å²) in [6, 6.07) is 0. The van der Waals surface area contributed by atoms with Gasteiger partial charge < -0.3 is 29.6 Å². The summed E-state index contributed by atoms with van der Waals surface area (Å²) in [4.78, 5) is 2.59. The van der Waals surface area contributed by atoms with E-state index in [1.54, 1.807) is 0 Å². The van der Waals surface area contributed by atoms with Gasteiger partial charge in [0.05, 0.1) is 0 Å². The van der Waals surface area contributed by atoms with Crippen LogP contribution in [-0.2, 0) is 18.9 Å². The minimum atomic E-state index is -0.0280. The van der Waals surface area contributed by atoms with Crippen molar-refractivity contribution in [3.63, 3.8) is 0 Å². The summed E-state index contributed by atoms with van der Waals surface area (Å²) in [5.74, 6) is 0. The molecule has 0 aromatic carbocycles. The molecule has 0 radical (unpaired) electrons. The number of hydrogen-bond acceptors (Lipinski definition) is 6. The number of hydrogen-bond donors (Lipinski definition) is 1. The molecule has 0 aliphatic rings. The number of rotatable bonds is 46. The highest BCUT2D eigenvalue weighted by Crippen LogP contribution is 2.16. The van der Waals surface area contributed by atoms with Crippen LogP contribution in [0.5, 0.6) is 0 Å². The highest BCUT2D eigenvalue weighted by molar-refractivity contribution is 4.61. The van der Waals surface area contributed by atoms with Crippen molar-refractivity contribution < 1.29 is 18.9 Å². The van der Waals surface area contributed by atoms with Crippen molar-refractivity contribution in [3.05, 3.63) is 0 Å². The van der Waals surface area contributed by atoms with Crippen LogP contribution in [-0.4, -0.2) is 70.1 Å². The number of nitrogens with zero attached hydrogens (tertiary/aromatic N) is 1. The molecular weight excluding hydrogens is 645 g/mol. The van der Waals surface area contributed by atoms with E-state index in [9.17, 15) is 0 Å². The molecule has 0 bridgehead atoms. The van der Waals surface area contributed by atoms with Crippen LogP contribution < -0.4 is 5.73 Å². The second-order valence-electron chi connectivity index (χ2n) is 15.7. The van der Waals surface area contributed by atoms with Gasteiger partial charge in [-0.05, 0) is 77.3 Å². The fourth-order valence-electron chi connectivity index (χ4n) is 6.98. The Morgan fingerprint density at radius 3 is 0.885 bits per heavy atom. The van der Waals surface area contributed by atoms with Crippen molar-refractivity contribution in [2.45, 2.75) is 246 Å². The summed E-state index contributed by atoms with van der Waals surface area (Å²) >= 11 is 0. The molecule has 6 nitrogen and oxygen atoms in total. The van der Waals surface area contributed by atoms with Gasteiger partial charge in [0.1, 0.15) is 0 Å². The molecule has 0 rings (SSSR count). The van der Waals surface area contributed by atoms with Crippen LogP contribution in [0.4, 0.5) is 0 Å². The van der Waals surface area contributed by atoms with E-state index in [-0.39, 0.29) is 12.6 Å². The lowest BCUT2D eigenvalue weighted by Gasteiger charge is -2.22. The Hall–Kier alpha value is -0.240. The molecule has 52 heavy (non-hydrogen) atoms. The summed E-state index contributed by atoms with van der Waals surface area (Å²) in [6.45, 7) is 16.5. The van der Waals surface area contributed by atoms with E-state index in [2.05, 4.69) is 32.6 Å². The first-order chi connectivity index (χ1) is 25.7. The normalized spacial score (nSPS) is 12.0. The molecule has 0 fully saturated rings. The molecule has 0 unspecified atom stereocenters. The van der Waals surface area contributed by atoms with Gasteiger partial charge in [0.15, 0.2) is 12.6 Å². The molecule has 6 heteroatoms. The molecule has 0 saturated carbocycles. The predicted molar refractivity (Wildman–Crippen MR) is 227 cm³/mol. The summed E-state index contributed by atoms with van der Waals surface area (Å²) in [5, 5.41) is 0. The maximum atomic E-state index is 6.28. The molecule has 2 N–H and O–H groups in total. The van der Waals surface area contributed by atoms with Gasteiger partial charge in [0.25, 0.3) is 0 Å². The minimum absolute atomic E-state index is 0.0280. The van der Waals surface area contributed by atoms with Crippen molar-refractivity contribution >= 4 is 0 Å². The zero-order chi connectivity index (χ0) is 37.8. The van der Waals surface area contributed by atoms with Gasteiger partial charge in [0.2, 0.25) is 0 Å². The molecular formula is C46H96N2O4. The summed E-state index contributed by atoms with van der Waals surface area (Å²) in [6.07, 6.45) is 40.4. The zero-order valence-corrected chi connectivity index (χ0v) is 36.1. The van der Waals surface area contributed by atoms with Gasteiger partial charge in [-0.2, -0.15) is 0 Å². The Kier molecular flexibility index (Phi) is 44.9. The molecule has 0 atom stereocenters. The maximum Gasteiger partial charge on any atom is 0.157 e. The molecule has 0 aliphatic carbocycles. The molecule has 0 aromatic rings. The first-order valence-corrected chi connectivity index (χ1v) is 23.6. The van der Waals surface area contributed by atoms with Crippen LogP contribution in [0.3, 0.4) is 0 Å². The minimum Gasteiger partial charge on any atom is -0.353 e. The smallest absolute Gasteiger partial charge is 0.157 e. The first-order valence-electron chi connectivity index (χ1n) is 23.6. The van der Waals surface area contributed by atoms with Gasteiger partial charge in [-0.25, -0.2) is 0 Å².